The van der Waals surface area contributed by atoms with Crippen molar-refractivity contribution in [1.82, 2.24) is 0 Å². The number of carboxylic acids is 1. The van der Waals surface area contributed by atoms with Gasteiger partial charge in [-0.3, -0.25) is 4.79 Å². The molecule has 0 aliphatic heterocycles. The molecule has 0 heterocycles. The van der Waals surface area contributed by atoms with Crippen LogP contribution in [-0.2, 0) is 4.79 Å². The molecule has 0 saturated heterocycles. The standard InChI is InChI=1S/C8H16O2.Pr/c1-7(2)5-3-4-6-8(9)10;/h7H,3-6H2,1-2H3,(H,9,10);. The second-order valence-corrected chi connectivity index (χ2v) is 3.03. The van der Waals surface area contributed by atoms with Gasteiger partial charge >= 0.3 is 5.97 Å². The van der Waals surface area contributed by atoms with Gasteiger partial charge in [0.05, 0.1) is 0 Å². The van der Waals surface area contributed by atoms with Gasteiger partial charge in [0, 0.05) is 47.7 Å². The Labute approximate surface area is 102 Å². The predicted octanol–water partition coefficient (Wildman–Crippen LogP) is 2.29. The van der Waals surface area contributed by atoms with Gasteiger partial charge < -0.3 is 5.11 Å². The van der Waals surface area contributed by atoms with Crippen molar-refractivity contribution in [1.29, 1.82) is 0 Å². The van der Waals surface area contributed by atoms with Crippen LogP contribution >= 0.6 is 0 Å². The summed E-state index contributed by atoms with van der Waals surface area (Å²) >= 11 is 0. The summed E-state index contributed by atoms with van der Waals surface area (Å²) in [6, 6.07) is 0. The average Bonchev–Trinajstić information content (AvgIpc) is 1.79. The Kier molecular flexibility index (Phi) is 11.7. The second-order valence-electron chi connectivity index (χ2n) is 3.03. The van der Waals surface area contributed by atoms with Crippen LogP contribution in [0, 0.1) is 47.2 Å². The molecular weight excluding hydrogens is 269 g/mol. The van der Waals surface area contributed by atoms with Crippen LogP contribution in [0.15, 0.2) is 0 Å². The van der Waals surface area contributed by atoms with Crippen molar-refractivity contribution in [3.05, 3.63) is 0 Å². The van der Waals surface area contributed by atoms with E-state index < -0.39 is 5.97 Å². The van der Waals surface area contributed by atoms with Crippen LogP contribution < -0.4 is 0 Å². The molecule has 0 aliphatic rings. The van der Waals surface area contributed by atoms with E-state index in [9.17, 15) is 4.79 Å². The van der Waals surface area contributed by atoms with Crippen molar-refractivity contribution in [2.75, 3.05) is 0 Å². The third-order valence-corrected chi connectivity index (χ3v) is 1.42. The van der Waals surface area contributed by atoms with E-state index in [1.807, 2.05) is 0 Å². The van der Waals surface area contributed by atoms with E-state index in [1.165, 1.54) is 0 Å². The Morgan fingerprint density at radius 2 is 1.91 bits per heavy atom. The van der Waals surface area contributed by atoms with E-state index in [1.54, 1.807) is 0 Å². The molecule has 0 bridgehead atoms. The normalized spacial score (nSPS) is 9.36. The molecule has 0 atom stereocenters. The Morgan fingerprint density at radius 3 is 2.27 bits per heavy atom. The molecule has 0 rings (SSSR count). The third-order valence-electron chi connectivity index (χ3n) is 1.42. The fourth-order valence-electron chi connectivity index (χ4n) is 0.829. The Bertz CT molecular complexity index is 102. The van der Waals surface area contributed by atoms with Crippen molar-refractivity contribution in [3.63, 3.8) is 0 Å². The number of hydrogen-bond acceptors (Lipinski definition) is 1. The number of rotatable bonds is 5. The van der Waals surface area contributed by atoms with Gasteiger partial charge in [0.15, 0.2) is 0 Å². The minimum Gasteiger partial charge on any atom is -0.481 e. The Morgan fingerprint density at radius 1 is 1.36 bits per heavy atom. The summed E-state index contributed by atoms with van der Waals surface area (Å²) in [6.45, 7) is 4.31. The first-order chi connectivity index (χ1) is 4.63. The zero-order valence-corrected chi connectivity index (χ0v) is 11.0. The van der Waals surface area contributed by atoms with E-state index in [0.717, 1.165) is 19.3 Å². The van der Waals surface area contributed by atoms with Crippen LogP contribution in [-0.4, -0.2) is 11.1 Å². The topological polar surface area (TPSA) is 37.3 Å². The van der Waals surface area contributed by atoms with Gasteiger partial charge in [-0.15, -0.1) is 0 Å². The van der Waals surface area contributed by atoms with Crippen LogP contribution in [0.5, 0.6) is 0 Å². The first-order valence-electron chi connectivity index (χ1n) is 3.84. The SMILES string of the molecule is CC(C)CCCCC(=O)O.[Pr]. The minimum atomic E-state index is -0.677. The molecule has 0 saturated carbocycles. The molecule has 0 aromatic rings. The summed E-state index contributed by atoms with van der Waals surface area (Å²) in [4.78, 5) is 10.0. The summed E-state index contributed by atoms with van der Waals surface area (Å²) in [6.07, 6.45) is 3.34. The maximum Gasteiger partial charge on any atom is 0.303 e. The molecule has 1 radical (unpaired) electrons. The first-order valence-corrected chi connectivity index (χ1v) is 3.84. The maximum absolute atomic E-state index is 10.0. The summed E-state index contributed by atoms with van der Waals surface area (Å²) in [5, 5.41) is 8.28. The van der Waals surface area contributed by atoms with Crippen molar-refractivity contribution in [3.8, 4) is 0 Å². The predicted molar refractivity (Wildman–Crippen MR) is 40.9 cm³/mol. The van der Waals surface area contributed by atoms with E-state index in [-0.39, 0.29) is 41.3 Å². The molecule has 0 aliphatic carbocycles. The second kappa shape index (κ2) is 8.93. The van der Waals surface area contributed by atoms with Crippen molar-refractivity contribution in [2.24, 2.45) is 5.92 Å². The molecular formula is C8H16O2Pr. The number of unbranched alkanes of at least 4 members (excludes halogenated alkanes) is 1. The molecule has 3 heteroatoms. The van der Waals surface area contributed by atoms with Crippen molar-refractivity contribution in [2.45, 2.75) is 39.5 Å². The zero-order chi connectivity index (χ0) is 7.98. The number of hydrogen-bond donors (Lipinski definition) is 1. The van der Waals surface area contributed by atoms with Crippen LogP contribution in [0.25, 0.3) is 0 Å². The number of aliphatic carboxylic acids is 1. The molecule has 0 amide bonds. The fraction of sp³-hybridized carbons (Fsp3) is 0.875. The Hall–Kier alpha value is 0.834. The number of carbonyl (C=O) groups is 1. The smallest absolute Gasteiger partial charge is 0.303 e. The number of carboxylic acid groups (broad SMARTS) is 1. The molecule has 1 N–H and O–H groups in total. The molecule has 0 unspecified atom stereocenters. The summed E-state index contributed by atoms with van der Waals surface area (Å²) in [7, 11) is 0. The quantitative estimate of drug-likeness (QED) is 0.787. The Balaban J connectivity index is 0. The molecule has 0 aromatic carbocycles. The summed E-state index contributed by atoms with van der Waals surface area (Å²) in [5.74, 6) is 0.0255. The monoisotopic (exact) mass is 285 g/mol. The van der Waals surface area contributed by atoms with E-state index in [4.69, 9.17) is 5.11 Å². The molecule has 0 aromatic heterocycles. The summed E-state index contributed by atoms with van der Waals surface area (Å²) in [5.41, 5.74) is 0. The van der Waals surface area contributed by atoms with Gasteiger partial charge in [0.1, 0.15) is 0 Å². The van der Waals surface area contributed by atoms with Gasteiger partial charge in [-0.25, -0.2) is 0 Å². The molecule has 63 valence electrons. The largest absolute Gasteiger partial charge is 0.481 e. The van der Waals surface area contributed by atoms with E-state index >= 15 is 0 Å². The van der Waals surface area contributed by atoms with Gasteiger partial charge in [0.2, 0.25) is 0 Å². The fourth-order valence-corrected chi connectivity index (χ4v) is 0.829. The van der Waals surface area contributed by atoms with Crippen molar-refractivity contribution >= 4 is 5.97 Å². The zero-order valence-electron chi connectivity index (χ0n) is 7.34. The first kappa shape index (κ1) is 14.4. The maximum atomic E-state index is 10.0. The van der Waals surface area contributed by atoms with Crippen molar-refractivity contribution < 1.29 is 51.2 Å². The van der Waals surface area contributed by atoms with Crippen LogP contribution in [0.4, 0.5) is 0 Å². The average molecular weight is 285 g/mol. The third kappa shape index (κ3) is 13.8. The minimum absolute atomic E-state index is 0. The van der Waals surface area contributed by atoms with Gasteiger partial charge in [-0.05, 0) is 12.3 Å². The van der Waals surface area contributed by atoms with Gasteiger partial charge in [-0.2, -0.15) is 0 Å². The van der Waals surface area contributed by atoms with Crippen LogP contribution in [0.2, 0.25) is 0 Å². The molecule has 11 heavy (non-hydrogen) atoms. The molecule has 0 fully saturated rings. The van der Waals surface area contributed by atoms with E-state index in [2.05, 4.69) is 13.8 Å². The van der Waals surface area contributed by atoms with E-state index in [0.29, 0.717) is 12.3 Å². The molecule has 2 nitrogen and oxygen atoms in total. The summed E-state index contributed by atoms with van der Waals surface area (Å²) < 4.78 is 0. The molecule has 0 spiro atoms. The van der Waals surface area contributed by atoms with Crippen LogP contribution in [0.1, 0.15) is 39.5 Å². The van der Waals surface area contributed by atoms with Gasteiger partial charge in [-0.1, -0.05) is 26.7 Å². The van der Waals surface area contributed by atoms with Crippen LogP contribution in [0.3, 0.4) is 0 Å². The van der Waals surface area contributed by atoms with Gasteiger partial charge in [0.25, 0.3) is 0 Å².